The summed E-state index contributed by atoms with van der Waals surface area (Å²) in [5.74, 6) is 1.21. The lowest BCUT2D eigenvalue weighted by Gasteiger charge is -2.13. The summed E-state index contributed by atoms with van der Waals surface area (Å²) in [6, 6.07) is 10.3. The summed E-state index contributed by atoms with van der Waals surface area (Å²) >= 11 is 3.55. The van der Waals surface area contributed by atoms with Gasteiger partial charge in [-0.15, -0.1) is 0 Å². The van der Waals surface area contributed by atoms with E-state index in [2.05, 4.69) is 21.2 Å². The number of hydrogen-bond donors (Lipinski definition) is 1. The Labute approximate surface area is 138 Å². The van der Waals surface area contributed by atoms with E-state index in [1.54, 1.807) is 19.2 Å². The molecule has 0 spiro atoms. The molecule has 0 aliphatic carbocycles. The molecule has 0 radical (unpaired) electrons. The Hall–Kier alpha value is -1.59. The number of nitrogens with one attached hydrogen (secondary N) is 1. The molecule has 0 atom stereocenters. The molecular formula is C17H19BrFNO2. The predicted molar refractivity (Wildman–Crippen MR) is 88.8 cm³/mol. The number of rotatable bonds is 7. The Balaban J connectivity index is 2.01. The SMILES string of the molecule is CCOc1cc(Br)c(CNCc2ccc(F)cc2)cc1OC. The highest BCUT2D eigenvalue weighted by molar-refractivity contribution is 9.10. The quantitative estimate of drug-likeness (QED) is 0.791. The minimum Gasteiger partial charge on any atom is -0.493 e. The molecule has 5 heteroatoms. The van der Waals surface area contributed by atoms with E-state index in [4.69, 9.17) is 9.47 Å². The number of benzene rings is 2. The monoisotopic (exact) mass is 367 g/mol. The van der Waals surface area contributed by atoms with Gasteiger partial charge in [0.25, 0.3) is 0 Å². The average Bonchev–Trinajstić information content (AvgIpc) is 2.51. The maximum Gasteiger partial charge on any atom is 0.162 e. The van der Waals surface area contributed by atoms with E-state index in [1.807, 2.05) is 19.1 Å². The van der Waals surface area contributed by atoms with Gasteiger partial charge in [-0.25, -0.2) is 4.39 Å². The minimum absolute atomic E-state index is 0.220. The van der Waals surface area contributed by atoms with E-state index in [-0.39, 0.29) is 5.82 Å². The first-order valence-electron chi connectivity index (χ1n) is 7.08. The van der Waals surface area contributed by atoms with Gasteiger partial charge < -0.3 is 14.8 Å². The van der Waals surface area contributed by atoms with Gasteiger partial charge in [-0.1, -0.05) is 28.1 Å². The lowest BCUT2D eigenvalue weighted by Crippen LogP contribution is -2.13. The van der Waals surface area contributed by atoms with Gasteiger partial charge in [-0.2, -0.15) is 0 Å². The molecule has 0 heterocycles. The third kappa shape index (κ3) is 4.45. The molecule has 0 unspecified atom stereocenters. The molecular weight excluding hydrogens is 349 g/mol. The van der Waals surface area contributed by atoms with Gasteiger partial charge in [0.15, 0.2) is 11.5 Å². The Kier molecular flexibility index (Phi) is 6.21. The molecule has 0 bridgehead atoms. The zero-order chi connectivity index (χ0) is 15.9. The first-order valence-corrected chi connectivity index (χ1v) is 7.87. The lowest BCUT2D eigenvalue weighted by molar-refractivity contribution is 0.310. The summed E-state index contributed by atoms with van der Waals surface area (Å²) in [5, 5.41) is 3.33. The number of hydrogen-bond acceptors (Lipinski definition) is 3. The maximum atomic E-state index is 12.9. The number of methoxy groups -OCH3 is 1. The normalized spacial score (nSPS) is 10.5. The van der Waals surface area contributed by atoms with Gasteiger partial charge in [0.2, 0.25) is 0 Å². The van der Waals surface area contributed by atoms with Crippen molar-refractivity contribution in [2.75, 3.05) is 13.7 Å². The van der Waals surface area contributed by atoms with Crippen LogP contribution >= 0.6 is 15.9 Å². The molecule has 0 aromatic heterocycles. The summed E-state index contributed by atoms with van der Waals surface area (Å²) in [4.78, 5) is 0. The van der Waals surface area contributed by atoms with Crippen molar-refractivity contribution in [3.8, 4) is 11.5 Å². The highest BCUT2D eigenvalue weighted by Gasteiger charge is 2.09. The van der Waals surface area contributed by atoms with Crippen LogP contribution in [0.4, 0.5) is 4.39 Å². The van der Waals surface area contributed by atoms with Crippen molar-refractivity contribution in [1.82, 2.24) is 5.32 Å². The average molecular weight is 368 g/mol. The van der Waals surface area contributed by atoms with Crippen LogP contribution in [0.1, 0.15) is 18.1 Å². The Morgan fingerprint density at radius 3 is 2.45 bits per heavy atom. The van der Waals surface area contributed by atoms with E-state index in [0.717, 1.165) is 21.3 Å². The van der Waals surface area contributed by atoms with Crippen LogP contribution in [0.3, 0.4) is 0 Å². The fourth-order valence-corrected chi connectivity index (χ4v) is 2.55. The Bertz CT molecular complexity index is 617. The van der Waals surface area contributed by atoms with E-state index in [9.17, 15) is 4.39 Å². The van der Waals surface area contributed by atoms with Crippen LogP contribution in [0, 0.1) is 5.82 Å². The van der Waals surface area contributed by atoms with Gasteiger partial charge in [0.1, 0.15) is 5.82 Å². The summed E-state index contributed by atoms with van der Waals surface area (Å²) in [7, 11) is 1.63. The van der Waals surface area contributed by atoms with Gasteiger partial charge in [0.05, 0.1) is 13.7 Å². The molecule has 0 aliphatic rings. The van der Waals surface area contributed by atoms with Crippen molar-refractivity contribution in [1.29, 1.82) is 0 Å². The number of ether oxygens (including phenoxy) is 2. The molecule has 0 saturated carbocycles. The first-order chi connectivity index (χ1) is 10.6. The smallest absolute Gasteiger partial charge is 0.162 e. The first kappa shape index (κ1) is 16.8. The molecule has 0 fully saturated rings. The van der Waals surface area contributed by atoms with E-state index < -0.39 is 0 Å². The van der Waals surface area contributed by atoms with Crippen molar-refractivity contribution in [3.63, 3.8) is 0 Å². The highest BCUT2D eigenvalue weighted by Crippen LogP contribution is 2.33. The maximum absolute atomic E-state index is 12.9. The van der Waals surface area contributed by atoms with Crippen LogP contribution in [0.5, 0.6) is 11.5 Å². The molecule has 118 valence electrons. The molecule has 0 aliphatic heterocycles. The van der Waals surface area contributed by atoms with Crippen molar-refractivity contribution >= 4 is 15.9 Å². The van der Waals surface area contributed by atoms with Crippen LogP contribution in [0.15, 0.2) is 40.9 Å². The fraction of sp³-hybridized carbons (Fsp3) is 0.294. The van der Waals surface area contributed by atoms with Crippen LogP contribution in [-0.4, -0.2) is 13.7 Å². The molecule has 2 aromatic carbocycles. The molecule has 0 saturated heterocycles. The second-order valence-electron chi connectivity index (χ2n) is 4.76. The summed E-state index contributed by atoms with van der Waals surface area (Å²) < 4.78 is 24.7. The minimum atomic E-state index is -0.220. The van der Waals surface area contributed by atoms with Gasteiger partial charge >= 0.3 is 0 Å². The summed E-state index contributed by atoms with van der Waals surface area (Å²) in [6.07, 6.45) is 0. The van der Waals surface area contributed by atoms with Crippen LogP contribution in [0.2, 0.25) is 0 Å². The zero-order valence-corrected chi connectivity index (χ0v) is 14.2. The summed E-state index contributed by atoms with van der Waals surface area (Å²) in [5.41, 5.74) is 2.11. The zero-order valence-electron chi connectivity index (χ0n) is 12.7. The predicted octanol–water partition coefficient (Wildman–Crippen LogP) is 4.29. The molecule has 3 nitrogen and oxygen atoms in total. The molecule has 0 amide bonds. The third-order valence-corrected chi connectivity index (χ3v) is 3.93. The van der Waals surface area contributed by atoms with Crippen molar-refractivity contribution in [2.45, 2.75) is 20.0 Å². The van der Waals surface area contributed by atoms with E-state index in [0.29, 0.717) is 25.4 Å². The van der Waals surface area contributed by atoms with Crippen LogP contribution < -0.4 is 14.8 Å². The Morgan fingerprint density at radius 2 is 1.82 bits per heavy atom. The van der Waals surface area contributed by atoms with Crippen LogP contribution in [-0.2, 0) is 13.1 Å². The topological polar surface area (TPSA) is 30.5 Å². The fourth-order valence-electron chi connectivity index (χ4n) is 2.08. The van der Waals surface area contributed by atoms with E-state index >= 15 is 0 Å². The molecule has 1 N–H and O–H groups in total. The van der Waals surface area contributed by atoms with Crippen molar-refractivity contribution in [2.24, 2.45) is 0 Å². The van der Waals surface area contributed by atoms with Gasteiger partial charge in [-0.05, 0) is 42.3 Å². The van der Waals surface area contributed by atoms with Gasteiger partial charge in [0, 0.05) is 17.6 Å². The third-order valence-electron chi connectivity index (χ3n) is 3.19. The molecule has 22 heavy (non-hydrogen) atoms. The second-order valence-corrected chi connectivity index (χ2v) is 5.61. The molecule has 2 rings (SSSR count). The number of halogens is 2. The van der Waals surface area contributed by atoms with E-state index in [1.165, 1.54) is 12.1 Å². The Morgan fingerprint density at radius 1 is 1.09 bits per heavy atom. The largest absolute Gasteiger partial charge is 0.493 e. The second kappa shape index (κ2) is 8.15. The lowest BCUT2D eigenvalue weighted by atomic mass is 10.2. The van der Waals surface area contributed by atoms with Crippen molar-refractivity contribution in [3.05, 3.63) is 57.8 Å². The van der Waals surface area contributed by atoms with Crippen molar-refractivity contribution < 1.29 is 13.9 Å². The standard InChI is InChI=1S/C17H19BrFNO2/c1-3-22-17-9-15(18)13(8-16(17)21-2)11-20-10-12-4-6-14(19)7-5-12/h4-9,20H,3,10-11H2,1-2H3. The highest BCUT2D eigenvalue weighted by atomic mass is 79.9. The summed E-state index contributed by atoms with van der Waals surface area (Å²) in [6.45, 7) is 3.86. The van der Waals surface area contributed by atoms with Crippen LogP contribution in [0.25, 0.3) is 0 Å². The van der Waals surface area contributed by atoms with Gasteiger partial charge in [-0.3, -0.25) is 0 Å². The molecule has 2 aromatic rings.